The van der Waals surface area contributed by atoms with Crippen LogP contribution in [-0.2, 0) is 11.3 Å². The van der Waals surface area contributed by atoms with Crippen LogP contribution in [0, 0.1) is 19.7 Å². The van der Waals surface area contributed by atoms with Crippen LogP contribution >= 0.6 is 0 Å². The van der Waals surface area contributed by atoms with Crippen molar-refractivity contribution in [1.29, 1.82) is 0 Å². The molecular weight excluding hydrogens is 257 g/mol. The Balaban J connectivity index is 2.13. The van der Waals surface area contributed by atoms with Crippen molar-refractivity contribution in [3.8, 4) is 0 Å². The highest BCUT2D eigenvalue weighted by molar-refractivity contribution is 5.96. The summed E-state index contributed by atoms with van der Waals surface area (Å²) in [4.78, 5) is 12.1. The third-order valence-corrected chi connectivity index (χ3v) is 3.17. The number of hydrogen-bond acceptors (Lipinski definition) is 3. The average molecular weight is 273 g/mol. The molecule has 0 spiro atoms. The fourth-order valence-corrected chi connectivity index (χ4v) is 2.01. The standard InChI is InChI=1S/C16H16FNO2/c1-10-4-3-5-14(18)15(10)16(19)20-9-12-6-7-13(17)8-11(12)2/h3-8H,9,18H2,1-2H3. The first-order valence-electron chi connectivity index (χ1n) is 6.26. The first kappa shape index (κ1) is 14.1. The van der Waals surface area contributed by atoms with Gasteiger partial charge in [0.2, 0.25) is 0 Å². The van der Waals surface area contributed by atoms with Crippen molar-refractivity contribution in [2.75, 3.05) is 5.73 Å². The summed E-state index contributed by atoms with van der Waals surface area (Å²) in [5.74, 6) is -0.773. The van der Waals surface area contributed by atoms with Gasteiger partial charge in [-0.05, 0) is 48.7 Å². The Labute approximate surface area is 117 Å². The van der Waals surface area contributed by atoms with Crippen molar-refractivity contribution in [3.05, 3.63) is 64.5 Å². The zero-order valence-corrected chi connectivity index (χ0v) is 11.4. The number of halogens is 1. The predicted molar refractivity (Wildman–Crippen MR) is 75.8 cm³/mol. The van der Waals surface area contributed by atoms with E-state index in [-0.39, 0.29) is 12.4 Å². The van der Waals surface area contributed by atoms with E-state index >= 15 is 0 Å². The number of anilines is 1. The first-order chi connectivity index (χ1) is 9.49. The Morgan fingerprint density at radius 1 is 1.20 bits per heavy atom. The summed E-state index contributed by atoms with van der Waals surface area (Å²) in [6.07, 6.45) is 0. The number of esters is 1. The minimum absolute atomic E-state index is 0.0960. The Morgan fingerprint density at radius 3 is 2.60 bits per heavy atom. The molecule has 0 heterocycles. The van der Waals surface area contributed by atoms with Crippen LogP contribution in [0.3, 0.4) is 0 Å². The molecule has 2 rings (SSSR count). The zero-order chi connectivity index (χ0) is 14.7. The van der Waals surface area contributed by atoms with Gasteiger partial charge in [-0.1, -0.05) is 18.2 Å². The van der Waals surface area contributed by atoms with Crippen molar-refractivity contribution in [1.82, 2.24) is 0 Å². The van der Waals surface area contributed by atoms with E-state index in [4.69, 9.17) is 10.5 Å². The summed E-state index contributed by atoms with van der Waals surface area (Å²) in [5, 5.41) is 0. The van der Waals surface area contributed by atoms with Gasteiger partial charge in [0, 0.05) is 5.69 Å². The molecular formula is C16H16FNO2. The molecule has 0 aliphatic rings. The Kier molecular flexibility index (Phi) is 4.03. The van der Waals surface area contributed by atoms with Gasteiger partial charge >= 0.3 is 5.97 Å². The topological polar surface area (TPSA) is 52.3 Å². The number of carbonyl (C=O) groups is 1. The number of benzene rings is 2. The molecule has 2 aromatic rings. The third-order valence-electron chi connectivity index (χ3n) is 3.17. The van der Waals surface area contributed by atoms with E-state index < -0.39 is 5.97 Å². The molecule has 0 saturated carbocycles. The van der Waals surface area contributed by atoms with Gasteiger partial charge in [0.15, 0.2) is 0 Å². The minimum Gasteiger partial charge on any atom is -0.457 e. The van der Waals surface area contributed by atoms with Gasteiger partial charge in [0.1, 0.15) is 12.4 Å². The molecule has 0 saturated heterocycles. The smallest absolute Gasteiger partial charge is 0.340 e. The van der Waals surface area contributed by atoms with E-state index in [0.29, 0.717) is 11.3 Å². The van der Waals surface area contributed by atoms with Gasteiger partial charge in [-0.3, -0.25) is 0 Å². The summed E-state index contributed by atoms with van der Waals surface area (Å²) in [6.45, 7) is 3.67. The normalized spacial score (nSPS) is 10.3. The summed E-state index contributed by atoms with van der Waals surface area (Å²) in [7, 11) is 0. The molecule has 0 aliphatic heterocycles. The molecule has 0 fully saturated rings. The van der Waals surface area contributed by atoms with Gasteiger partial charge < -0.3 is 10.5 Å². The van der Waals surface area contributed by atoms with E-state index in [1.807, 2.05) is 0 Å². The number of rotatable bonds is 3. The van der Waals surface area contributed by atoms with Crippen molar-refractivity contribution < 1.29 is 13.9 Å². The molecule has 0 bridgehead atoms. The highest BCUT2D eigenvalue weighted by atomic mass is 19.1. The molecule has 4 heteroatoms. The molecule has 0 radical (unpaired) electrons. The molecule has 0 unspecified atom stereocenters. The summed E-state index contributed by atoms with van der Waals surface area (Å²) in [6, 6.07) is 9.61. The van der Waals surface area contributed by atoms with Crippen molar-refractivity contribution >= 4 is 11.7 Å². The van der Waals surface area contributed by atoms with Crippen molar-refractivity contribution in [2.45, 2.75) is 20.5 Å². The lowest BCUT2D eigenvalue weighted by molar-refractivity contribution is 0.0472. The third kappa shape index (κ3) is 2.96. The van der Waals surface area contributed by atoms with Crippen LogP contribution in [0.2, 0.25) is 0 Å². The number of hydrogen-bond donors (Lipinski definition) is 1. The fourth-order valence-electron chi connectivity index (χ4n) is 2.01. The molecule has 0 aromatic heterocycles. The van der Waals surface area contributed by atoms with Crippen LogP contribution in [0.4, 0.5) is 10.1 Å². The maximum atomic E-state index is 13.0. The zero-order valence-electron chi connectivity index (χ0n) is 11.4. The number of nitrogen functional groups attached to an aromatic ring is 1. The second-order valence-electron chi connectivity index (χ2n) is 4.69. The molecule has 20 heavy (non-hydrogen) atoms. The Bertz CT molecular complexity index is 633. The van der Waals surface area contributed by atoms with Gasteiger partial charge in [-0.15, -0.1) is 0 Å². The fraction of sp³-hybridized carbons (Fsp3) is 0.188. The monoisotopic (exact) mass is 273 g/mol. The molecule has 0 atom stereocenters. The first-order valence-corrected chi connectivity index (χ1v) is 6.26. The second-order valence-corrected chi connectivity index (χ2v) is 4.69. The van der Waals surface area contributed by atoms with Gasteiger partial charge in [0.05, 0.1) is 5.56 Å². The second kappa shape index (κ2) is 5.74. The lowest BCUT2D eigenvalue weighted by Gasteiger charge is -2.11. The molecule has 2 aromatic carbocycles. The minimum atomic E-state index is -0.468. The van der Waals surface area contributed by atoms with E-state index in [1.54, 1.807) is 38.1 Å². The van der Waals surface area contributed by atoms with E-state index in [9.17, 15) is 9.18 Å². The lowest BCUT2D eigenvalue weighted by atomic mass is 10.1. The van der Waals surface area contributed by atoms with Crippen LogP contribution in [0.25, 0.3) is 0 Å². The number of carbonyl (C=O) groups excluding carboxylic acids is 1. The molecule has 104 valence electrons. The van der Waals surface area contributed by atoms with Crippen LogP contribution in [0.5, 0.6) is 0 Å². The van der Waals surface area contributed by atoms with Crippen molar-refractivity contribution in [2.24, 2.45) is 0 Å². The Morgan fingerprint density at radius 2 is 1.95 bits per heavy atom. The molecule has 0 amide bonds. The average Bonchev–Trinajstić information content (AvgIpc) is 2.37. The highest BCUT2D eigenvalue weighted by Gasteiger charge is 2.14. The van der Waals surface area contributed by atoms with Gasteiger partial charge in [-0.2, -0.15) is 0 Å². The number of aryl methyl sites for hydroxylation is 2. The van der Waals surface area contributed by atoms with E-state index in [1.165, 1.54) is 12.1 Å². The Hall–Kier alpha value is -2.36. The number of ether oxygens (including phenoxy) is 1. The summed E-state index contributed by atoms with van der Waals surface area (Å²) in [5.41, 5.74) is 8.85. The van der Waals surface area contributed by atoms with Crippen LogP contribution in [0.15, 0.2) is 36.4 Å². The SMILES string of the molecule is Cc1cc(F)ccc1COC(=O)c1c(C)cccc1N. The lowest BCUT2D eigenvalue weighted by Crippen LogP contribution is -2.10. The quantitative estimate of drug-likeness (QED) is 0.689. The van der Waals surface area contributed by atoms with Gasteiger partial charge in [0.25, 0.3) is 0 Å². The van der Waals surface area contributed by atoms with E-state index in [0.717, 1.165) is 16.7 Å². The number of nitrogens with two attached hydrogens (primary N) is 1. The summed E-state index contributed by atoms with van der Waals surface area (Å²) < 4.78 is 18.2. The molecule has 2 N–H and O–H groups in total. The predicted octanol–water partition coefficient (Wildman–Crippen LogP) is 3.38. The van der Waals surface area contributed by atoms with Crippen LogP contribution in [-0.4, -0.2) is 5.97 Å². The molecule has 3 nitrogen and oxygen atoms in total. The van der Waals surface area contributed by atoms with Crippen molar-refractivity contribution in [3.63, 3.8) is 0 Å². The molecule has 0 aliphatic carbocycles. The van der Waals surface area contributed by atoms with Crippen LogP contribution < -0.4 is 5.73 Å². The van der Waals surface area contributed by atoms with E-state index in [2.05, 4.69) is 0 Å². The van der Waals surface area contributed by atoms with Gasteiger partial charge in [-0.25, -0.2) is 9.18 Å². The largest absolute Gasteiger partial charge is 0.457 e. The van der Waals surface area contributed by atoms with Crippen LogP contribution in [0.1, 0.15) is 27.0 Å². The highest BCUT2D eigenvalue weighted by Crippen LogP contribution is 2.19. The summed E-state index contributed by atoms with van der Waals surface area (Å²) >= 11 is 0. The maximum absolute atomic E-state index is 13.0. The maximum Gasteiger partial charge on any atom is 0.340 e.